The molecule has 0 unspecified atom stereocenters. The van der Waals surface area contributed by atoms with Gasteiger partial charge in [0.05, 0.1) is 28.8 Å². The molecule has 0 bridgehead atoms. The molecule has 1 N–H and O–H groups in total. The summed E-state index contributed by atoms with van der Waals surface area (Å²) in [4.78, 5) is 29.6. The van der Waals surface area contributed by atoms with Crippen molar-refractivity contribution in [2.75, 3.05) is 38.1 Å². The van der Waals surface area contributed by atoms with Gasteiger partial charge in [-0.3, -0.25) is 9.13 Å². The van der Waals surface area contributed by atoms with Gasteiger partial charge in [0.25, 0.3) is 0 Å². The normalized spacial score (nSPS) is 14.6. The Labute approximate surface area is 202 Å². The van der Waals surface area contributed by atoms with E-state index in [0.29, 0.717) is 10.5 Å². The third-order valence-corrected chi connectivity index (χ3v) is 6.62. The molecule has 174 valence electrons. The molecule has 0 spiro atoms. The van der Waals surface area contributed by atoms with E-state index in [2.05, 4.69) is 29.0 Å². The molecular formula is C26H25ClN4O3. The van der Waals surface area contributed by atoms with Crippen molar-refractivity contribution >= 4 is 34.3 Å². The van der Waals surface area contributed by atoms with Gasteiger partial charge >= 0.3 is 11.7 Å². The number of carboxylic acid groups (broad SMARTS) is 1. The first-order chi connectivity index (χ1) is 16.4. The fourth-order valence-corrected chi connectivity index (χ4v) is 4.66. The summed E-state index contributed by atoms with van der Waals surface area (Å²) >= 11 is 6.29. The number of carbonyl (C=O) groups is 1. The van der Waals surface area contributed by atoms with E-state index in [1.165, 1.54) is 0 Å². The largest absolute Gasteiger partial charge is 0.478 e. The van der Waals surface area contributed by atoms with Gasteiger partial charge < -0.3 is 14.9 Å². The molecule has 0 atom stereocenters. The van der Waals surface area contributed by atoms with E-state index in [1.54, 1.807) is 39.5 Å². The van der Waals surface area contributed by atoms with E-state index in [4.69, 9.17) is 11.6 Å². The zero-order chi connectivity index (χ0) is 23.8. The van der Waals surface area contributed by atoms with Crippen LogP contribution in [-0.4, -0.2) is 58.3 Å². The molecule has 34 heavy (non-hydrogen) atoms. The van der Waals surface area contributed by atoms with Gasteiger partial charge in [-0.25, -0.2) is 9.59 Å². The zero-order valence-electron chi connectivity index (χ0n) is 18.8. The fraction of sp³-hybridized carbons (Fsp3) is 0.231. The molecule has 0 aliphatic carbocycles. The van der Waals surface area contributed by atoms with Crippen molar-refractivity contribution in [1.82, 2.24) is 14.0 Å². The van der Waals surface area contributed by atoms with Crippen molar-refractivity contribution in [1.29, 1.82) is 0 Å². The second-order valence-corrected chi connectivity index (χ2v) is 9.09. The predicted molar refractivity (Wildman–Crippen MR) is 135 cm³/mol. The maximum Gasteiger partial charge on any atom is 0.335 e. The fourth-order valence-electron chi connectivity index (χ4n) is 4.50. The molecule has 1 aliphatic heterocycles. The van der Waals surface area contributed by atoms with Crippen LogP contribution in [0.3, 0.4) is 0 Å². The number of anilines is 1. The lowest BCUT2D eigenvalue weighted by Crippen LogP contribution is -2.44. The Hall–Kier alpha value is -3.55. The van der Waals surface area contributed by atoms with Crippen LogP contribution in [0.2, 0.25) is 5.02 Å². The number of likely N-dealkylation sites (N-methyl/N-ethyl adjacent to an activating group) is 1. The molecule has 8 heteroatoms. The van der Waals surface area contributed by atoms with Crippen molar-refractivity contribution < 1.29 is 9.90 Å². The van der Waals surface area contributed by atoms with Crippen LogP contribution in [0.1, 0.15) is 15.9 Å². The standard InChI is InChI=1S/C26H25ClN4O3/c1-28-11-13-29(14-12-28)21-6-8-22(9-7-21)31-24-16-20(27)5-10-23(24)30(26(31)34)17-18-3-2-4-19(15-18)25(32)33/h2-10,15-16H,11-14,17H2,1H3,(H,32,33). The molecular weight excluding hydrogens is 452 g/mol. The second-order valence-electron chi connectivity index (χ2n) is 8.65. The summed E-state index contributed by atoms with van der Waals surface area (Å²) < 4.78 is 3.32. The first-order valence-electron chi connectivity index (χ1n) is 11.2. The number of nitrogens with zero attached hydrogens (tertiary/aromatic N) is 4. The minimum atomic E-state index is -0.996. The lowest BCUT2D eigenvalue weighted by molar-refractivity contribution is 0.0696. The number of carboxylic acids is 1. The van der Waals surface area contributed by atoms with Crippen LogP contribution in [-0.2, 0) is 6.54 Å². The molecule has 1 saturated heterocycles. The number of piperazine rings is 1. The van der Waals surface area contributed by atoms with Gasteiger partial charge in [0.1, 0.15) is 0 Å². The lowest BCUT2D eigenvalue weighted by atomic mass is 10.1. The number of aromatic carboxylic acids is 1. The van der Waals surface area contributed by atoms with Gasteiger partial charge in [0, 0.05) is 36.9 Å². The van der Waals surface area contributed by atoms with E-state index < -0.39 is 5.97 Å². The monoisotopic (exact) mass is 476 g/mol. The van der Waals surface area contributed by atoms with Crippen molar-refractivity contribution in [3.63, 3.8) is 0 Å². The summed E-state index contributed by atoms with van der Waals surface area (Å²) in [5.41, 5.74) is 4.06. The van der Waals surface area contributed by atoms with Gasteiger partial charge in [-0.1, -0.05) is 23.7 Å². The molecule has 4 aromatic rings. The highest BCUT2D eigenvalue weighted by Gasteiger charge is 2.18. The number of hydrogen-bond donors (Lipinski definition) is 1. The summed E-state index contributed by atoms with van der Waals surface area (Å²) in [6, 6.07) is 20.1. The van der Waals surface area contributed by atoms with Crippen LogP contribution in [0.15, 0.2) is 71.5 Å². The van der Waals surface area contributed by atoms with Crippen LogP contribution in [0, 0.1) is 0 Å². The molecule has 1 aromatic heterocycles. The smallest absolute Gasteiger partial charge is 0.335 e. The van der Waals surface area contributed by atoms with Gasteiger partial charge in [-0.2, -0.15) is 0 Å². The van der Waals surface area contributed by atoms with Crippen LogP contribution >= 0.6 is 11.6 Å². The van der Waals surface area contributed by atoms with E-state index in [9.17, 15) is 14.7 Å². The summed E-state index contributed by atoms with van der Waals surface area (Å²) in [6.45, 7) is 4.25. The Morgan fingerprint density at radius 3 is 2.32 bits per heavy atom. The average molecular weight is 477 g/mol. The molecule has 0 amide bonds. The maximum atomic E-state index is 13.6. The van der Waals surface area contributed by atoms with E-state index in [-0.39, 0.29) is 17.8 Å². The highest BCUT2D eigenvalue weighted by molar-refractivity contribution is 6.31. The highest BCUT2D eigenvalue weighted by Crippen LogP contribution is 2.25. The quantitative estimate of drug-likeness (QED) is 0.472. The summed E-state index contributed by atoms with van der Waals surface area (Å²) in [5.74, 6) is -0.996. The first-order valence-corrected chi connectivity index (χ1v) is 11.6. The van der Waals surface area contributed by atoms with Crippen LogP contribution in [0.5, 0.6) is 0 Å². The number of fused-ring (bicyclic) bond motifs is 1. The molecule has 2 heterocycles. The number of benzene rings is 3. The van der Waals surface area contributed by atoms with Crippen molar-refractivity contribution in [2.24, 2.45) is 0 Å². The number of rotatable bonds is 5. The first kappa shape index (κ1) is 22.3. The molecule has 0 radical (unpaired) electrons. The van der Waals surface area contributed by atoms with Gasteiger partial charge in [0.2, 0.25) is 0 Å². The molecule has 0 saturated carbocycles. The van der Waals surface area contributed by atoms with Gasteiger partial charge in [-0.15, -0.1) is 0 Å². The van der Waals surface area contributed by atoms with Crippen LogP contribution in [0.25, 0.3) is 16.7 Å². The summed E-state index contributed by atoms with van der Waals surface area (Å²) in [5, 5.41) is 9.86. The average Bonchev–Trinajstić information content (AvgIpc) is 3.10. The Bertz CT molecular complexity index is 1420. The van der Waals surface area contributed by atoms with Gasteiger partial charge in [-0.05, 0) is 67.2 Å². The number of imidazole rings is 1. The van der Waals surface area contributed by atoms with Crippen molar-refractivity contribution in [3.8, 4) is 5.69 Å². The van der Waals surface area contributed by atoms with Crippen LogP contribution < -0.4 is 10.6 Å². The molecule has 1 fully saturated rings. The molecule has 1 aliphatic rings. The second kappa shape index (κ2) is 9.00. The SMILES string of the molecule is CN1CCN(c2ccc(-n3c(=O)n(Cc4cccc(C(=O)O)c4)c4ccc(Cl)cc43)cc2)CC1. The Morgan fingerprint density at radius 1 is 0.912 bits per heavy atom. The third kappa shape index (κ3) is 4.20. The summed E-state index contributed by atoms with van der Waals surface area (Å²) in [6.07, 6.45) is 0. The molecule has 3 aromatic carbocycles. The van der Waals surface area contributed by atoms with Crippen molar-refractivity contribution in [2.45, 2.75) is 6.54 Å². The topological polar surface area (TPSA) is 70.7 Å². The Kier molecular flexibility index (Phi) is 5.89. The van der Waals surface area contributed by atoms with Crippen molar-refractivity contribution in [3.05, 3.63) is 93.4 Å². The maximum absolute atomic E-state index is 13.6. The Balaban J connectivity index is 1.55. The van der Waals surface area contributed by atoms with E-state index in [1.807, 2.05) is 24.3 Å². The minimum Gasteiger partial charge on any atom is -0.478 e. The molecule has 7 nitrogen and oxygen atoms in total. The lowest BCUT2D eigenvalue weighted by Gasteiger charge is -2.34. The number of halogens is 1. The number of hydrogen-bond acceptors (Lipinski definition) is 4. The Morgan fingerprint density at radius 2 is 1.62 bits per heavy atom. The zero-order valence-corrected chi connectivity index (χ0v) is 19.6. The predicted octanol–water partition coefficient (Wildman–Crippen LogP) is 3.94. The molecule has 5 rings (SSSR count). The number of aromatic nitrogens is 2. The van der Waals surface area contributed by atoms with Crippen LogP contribution in [0.4, 0.5) is 5.69 Å². The third-order valence-electron chi connectivity index (χ3n) is 6.38. The van der Waals surface area contributed by atoms with E-state index >= 15 is 0 Å². The van der Waals surface area contributed by atoms with E-state index in [0.717, 1.165) is 48.6 Å². The summed E-state index contributed by atoms with van der Waals surface area (Å²) in [7, 11) is 2.13. The van der Waals surface area contributed by atoms with Gasteiger partial charge in [0.15, 0.2) is 0 Å². The highest BCUT2D eigenvalue weighted by atomic mass is 35.5. The minimum absolute atomic E-state index is 0.192.